The van der Waals surface area contributed by atoms with Crippen molar-refractivity contribution in [2.75, 3.05) is 0 Å². The molecule has 1 aliphatic rings. The van der Waals surface area contributed by atoms with Crippen LogP contribution in [0.4, 0.5) is 0 Å². The van der Waals surface area contributed by atoms with Crippen LogP contribution in [0.5, 0.6) is 0 Å². The summed E-state index contributed by atoms with van der Waals surface area (Å²) in [7, 11) is 0. The first kappa shape index (κ1) is 13.8. The van der Waals surface area contributed by atoms with Crippen LogP contribution in [0, 0.1) is 0 Å². The van der Waals surface area contributed by atoms with Gasteiger partial charge in [0.15, 0.2) is 5.78 Å². The molecule has 1 nitrogen and oxygen atoms in total. The van der Waals surface area contributed by atoms with Gasteiger partial charge < -0.3 is 0 Å². The lowest BCUT2D eigenvalue weighted by Gasteiger charge is -2.26. The highest BCUT2D eigenvalue weighted by Gasteiger charge is 2.21. The number of ketones is 1. The van der Waals surface area contributed by atoms with Crippen molar-refractivity contribution in [2.24, 2.45) is 0 Å². The van der Waals surface area contributed by atoms with Gasteiger partial charge in [0.2, 0.25) is 0 Å². The van der Waals surface area contributed by atoms with E-state index in [1.165, 1.54) is 24.8 Å². The van der Waals surface area contributed by atoms with Gasteiger partial charge in [-0.3, -0.25) is 4.79 Å². The molecule has 0 N–H and O–H groups in total. The zero-order valence-electron chi connectivity index (χ0n) is 10.9. The lowest BCUT2D eigenvalue weighted by molar-refractivity contribution is 0.103. The van der Waals surface area contributed by atoms with Crippen LogP contribution < -0.4 is 0 Å². The summed E-state index contributed by atoms with van der Waals surface area (Å²) in [5.74, 6) is 0.645. The Morgan fingerprint density at radius 1 is 1.15 bits per heavy atom. The molecule has 102 valence electrons. The van der Waals surface area contributed by atoms with Gasteiger partial charge in [-0.2, -0.15) is 0 Å². The third-order valence-corrected chi connectivity index (χ3v) is 4.83. The van der Waals surface area contributed by atoms with Crippen molar-refractivity contribution in [2.45, 2.75) is 25.2 Å². The second kappa shape index (κ2) is 5.71. The molecule has 0 unspecified atom stereocenters. The van der Waals surface area contributed by atoms with E-state index in [2.05, 4.69) is 22.0 Å². The van der Waals surface area contributed by atoms with Crippen LogP contribution in [0.25, 0.3) is 0 Å². The predicted molar refractivity (Wildman–Crippen MR) is 85.6 cm³/mol. The fourth-order valence-corrected chi connectivity index (χ4v) is 3.10. The lowest BCUT2D eigenvalue weighted by Crippen LogP contribution is -2.10. The Morgan fingerprint density at radius 2 is 1.95 bits per heavy atom. The molecule has 0 radical (unpaired) electrons. The summed E-state index contributed by atoms with van der Waals surface area (Å²) in [6, 6.07) is 13.3. The minimum absolute atomic E-state index is 0.0144. The minimum Gasteiger partial charge on any atom is -0.289 e. The standard InChI is InChI=1S/C17H14BrClO/c18-16-8-7-14(19)10-15(16)17(20)13-6-2-5-12(9-13)11-3-1-4-11/h2,5-11H,1,3-4H2. The van der Waals surface area contributed by atoms with E-state index in [1.54, 1.807) is 12.1 Å². The topological polar surface area (TPSA) is 17.1 Å². The Labute approximate surface area is 132 Å². The van der Waals surface area contributed by atoms with E-state index in [9.17, 15) is 4.79 Å². The van der Waals surface area contributed by atoms with Crippen LogP contribution in [0.1, 0.15) is 46.7 Å². The van der Waals surface area contributed by atoms with Gasteiger partial charge in [-0.05, 0) is 48.6 Å². The van der Waals surface area contributed by atoms with Gasteiger partial charge in [-0.25, -0.2) is 0 Å². The SMILES string of the molecule is O=C(c1cccc(C2CCC2)c1)c1cc(Cl)ccc1Br. The molecule has 0 saturated heterocycles. The number of rotatable bonds is 3. The average molecular weight is 350 g/mol. The summed E-state index contributed by atoms with van der Waals surface area (Å²) in [5, 5.41) is 0.576. The highest BCUT2D eigenvalue weighted by Crippen LogP contribution is 2.36. The first-order chi connectivity index (χ1) is 9.65. The van der Waals surface area contributed by atoms with Crippen molar-refractivity contribution in [3.8, 4) is 0 Å². The van der Waals surface area contributed by atoms with Crippen molar-refractivity contribution in [1.29, 1.82) is 0 Å². The van der Waals surface area contributed by atoms with E-state index in [0.29, 0.717) is 16.5 Å². The second-order valence-corrected chi connectivity index (χ2v) is 6.50. The zero-order valence-corrected chi connectivity index (χ0v) is 13.2. The van der Waals surface area contributed by atoms with Crippen molar-refractivity contribution in [1.82, 2.24) is 0 Å². The van der Waals surface area contributed by atoms with Gasteiger partial charge in [0.05, 0.1) is 0 Å². The number of hydrogen-bond acceptors (Lipinski definition) is 1. The predicted octanol–water partition coefficient (Wildman–Crippen LogP) is 5.60. The van der Waals surface area contributed by atoms with Crippen molar-refractivity contribution in [3.63, 3.8) is 0 Å². The molecule has 0 heterocycles. The van der Waals surface area contributed by atoms with Gasteiger partial charge in [-0.1, -0.05) is 52.2 Å². The third kappa shape index (κ3) is 2.68. The maximum atomic E-state index is 12.6. The van der Waals surface area contributed by atoms with Crippen molar-refractivity contribution in [3.05, 3.63) is 68.7 Å². The fraction of sp³-hybridized carbons (Fsp3) is 0.235. The first-order valence-corrected chi connectivity index (χ1v) is 7.92. The summed E-state index contributed by atoms with van der Waals surface area (Å²) in [6.07, 6.45) is 3.76. The van der Waals surface area contributed by atoms with Crippen LogP contribution in [0.15, 0.2) is 46.9 Å². The Balaban J connectivity index is 1.95. The van der Waals surface area contributed by atoms with E-state index >= 15 is 0 Å². The second-order valence-electron chi connectivity index (χ2n) is 5.21. The summed E-state index contributed by atoms with van der Waals surface area (Å²) < 4.78 is 0.779. The van der Waals surface area contributed by atoms with Crippen LogP contribution in [-0.2, 0) is 0 Å². The van der Waals surface area contributed by atoms with Gasteiger partial charge >= 0.3 is 0 Å². The Morgan fingerprint density at radius 3 is 2.65 bits per heavy atom. The van der Waals surface area contributed by atoms with Gasteiger partial charge in [0.25, 0.3) is 0 Å². The number of carbonyl (C=O) groups excluding carboxylic acids is 1. The molecule has 0 aromatic heterocycles. The van der Waals surface area contributed by atoms with E-state index < -0.39 is 0 Å². The maximum Gasteiger partial charge on any atom is 0.194 e. The quantitative estimate of drug-likeness (QED) is 0.659. The molecular formula is C17H14BrClO. The molecule has 0 amide bonds. The highest BCUT2D eigenvalue weighted by molar-refractivity contribution is 9.10. The Hall–Kier alpha value is -1.12. The molecular weight excluding hydrogens is 336 g/mol. The van der Waals surface area contributed by atoms with E-state index in [1.807, 2.05) is 24.3 Å². The highest BCUT2D eigenvalue weighted by atomic mass is 79.9. The summed E-state index contributed by atoms with van der Waals surface area (Å²) in [6.45, 7) is 0. The largest absolute Gasteiger partial charge is 0.289 e. The summed E-state index contributed by atoms with van der Waals surface area (Å²) in [5.41, 5.74) is 2.63. The molecule has 0 atom stereocenters. The summed E-state index contributed by atoms with van der Waals surface area (Å²) in [4.78, 5) is 12.6. The van der Waals surface area contributed by atoms with Crippen molar-refractivity contribution >= 4 is 33.3 Å². The van der Waals surface area contributed by atoms with E-state index in [4.69, 9.17) is 11.6 Å². The number of benzene rings is 2. The smallest absolute Gasteiger partial charge is 0.194 e. The lowest BCUT2D eigenvalue weighted by atomic mass is 9.79. The van der Waals surface area contributed by atoms with Crippen LogP contribution >= 0.6 is 27.5 Å². The summed E-state index contributed by atoms with van der Waals surface area (Å²) >= 11 is 9.41. The molecule has 20 heavy (non-hydrogen) atoms. The minimum atomic E-state index is 0.0144. The fourth-order valence-electron chi connectivity index (χ4n) is 2.50. The molecule has 1 saturated carbocycles. The maximum absolute atomic E-state index is 12.6. The van der Waals surface area contributed by atoms with E-state index in [0.717, 1.165) is 10.0 Å². The van der Waals surface area contributed by atoms with Crippen LogP contribution in [0.3, 0.4) is 0 Å². The molecule has 0 spiro atoms. The number of halogens is 2. The van der Waals surface area contributed by atoms with Crippen LogP contribution in [0.2, 0.25) is 5.02 Å². The normalized spacial score (nSPS) is 14.9. The van der Waals surface area contributed by atoms with Crippen molar-refractivity contribution < 1.29 is 4.79 Å². The van der Waals surface area contributed by atoms with Gasteiger partial charge in [0, 0.05) is 20.6 Å². The number of hydrogen-bond donors (Lipinski definition) is 0. The van der Waals surface area contributed by atoms with Crippen LogP contribution in [-0.4, -0.2) is 5.78 Å². The molecule has 2 aromatic rings. The van der Waals surface area contributed by atoms with E-state index in [-0.39, 0.29) is 5.78 Å². The monoisotopic (exact) mass is 348 g/mol. The molecule has 1 aliphatic carbocycles. The molecule has 2 aromatic carbocycles. The molecule has 1 fully saturated rings. The van der Waals surface area contributed by atoms with Gasteiger partial charge in [0.1, 0.15) is 0 Å². The average Bonchev–Trinajstić information content (AvgIpc) is 2.39. The zero-order chi connectivity index (χ0) is 14.1. The molecule has 0 bridgehead atoms. The first-order valence-electron chi connectivity index (χ1n) is 6.75. The molecule has 0 aliphatic heterocycles. The Bertz CT molecular complexity index is 662. The molecule has 3 heteroatoms. The van der Waals surface area contributed by atoms with Gasteiger partial charge in [-0.15, -0.1) is 0 Å². The number of carbonyl (C=O) groups is 1. The third-order valence-electron chi connectivity index (χ3n) is 3.90. The Kier molecular flexibility index (Phi) is 3.95. The molecule has 3 rings (SSSR count).